The molecule has 0 amide bonds. The zero-order valence-corrected chi connectivity index (χ0v) is 12.2. The molecule has 6 heteroatoms. The number of hydrogen-bond acceptors (Lipinski definition) is 6. The van der Waals surface area contributed by atoms with Crippen molar-refractivity contribution >= 4 is 16.7 Å². The Morgan fingerprint density at radius 3 is 2.73 bits per heavy atom. The van der Waals surface area contributed by atoms with Gasteiger partial charge in [-0.2, -0.15) is 0 Å². The molecule has 2 aromatic rings. The summed E-state index contributed by atoms with van der Waals surface area (Å²) in [5.74, 6) is 0.919. The van der Waals surface area contributed by atoms with Crippen LogP contribution in [0.25, 0.3) is 10.8 Å². The molecule has 22 heavy (non-hydrogen) atoms. The van der Waals surface area contributed by atoms with Crippen LogP contribution in [0.15, 0.2) is 47.6 Å². The lowest BCUT2D eigenvalue weighted by molar-refractivity contribution is 0.346. The number of benzene rings is 2. The van der Waals surface area contributed by atoms with Gasteiger partial charge in [0.05, 0.1) is 7.11 Å². The maximum absolute atomic E-state index is 10.3. The molecule has 1 aliphatic rings. The van der Waals surface area contributed by atoms with Gasteiger partial charge >= 0.3 is 0 Å². The largest absolute Gasteiger partial charge is 0.504 e. The third-order valence-corrected chi connectivity index (χ3v) is 3.77. The van der Waals surface area contributed by atoms with Gasteiger partial charge in [-0.1, -0.05) is 24.3 Å². The topological polar surface area (TPSA) is 97.1 Å². The summed E-state index contributed by atoms with van der Waals surface area (Å²) in [7, 11) is 1.53. The summed E-state index contributed by atoms with van der Waals surface area (Å²) in [4.78, 5) is 5.87. The molecule has 114 valence electrons. The van der Waals surface area contributed by atoms with Gasteiger partial charge in [-0.25, -0.2) is 4.99 Å². The van der Waals surface area contributed by atoms with E-state index in [-0.39, 0.29) is 11.9 Å². The van der Waals surface area contributed by atoms with Gasteiger partial charge < -0.3 is 26.2 Å². The minimum atomic E-state index is -0.337. The van der Waals surface area contributed by atoms with Crippen molar-refractivity contribution in [3.05, 3.63) is 48.2 Å². The Hall–Kier alpha value is -2.73. The first kappa shape index (κ1) is 14.2. The monoisotopic (exact) mass is 298 g/mol. The predicted octanol–water partition coefficient (Wildman–Crippen LogP) is 1.48. The number of nitrogens with two attached hydrogens (primary N) is 2. The average Bonchev–Trinajstić information content (AvgIpc) is 2.53. The fourth-order valence-corrected chi connectivity index (χ4v) is 2.60. The van der Waals surface area contributed by atoms with Crippen molar-refractivity contribution in [3.8, 4) is 11.5 Å². The zero-order chi connectivity index (χ0) is 15.7. The molecule has 1 unspecified atom stereocenters. The Morgan fingerprint density at radius 2 is 2.05 bits per heavy atom. The van der Waals surface area contributed by atoms with Crippen LogP contribution in [-0.2, 0) is 6.54 Å². The van der Waals surface area contributed by atoms with Crippen LogP contribution >= 0.6 is 0 Å². The zero-order valence-electron chi connectivity index (χ0n) is 12.2. The van der Waals surface area contributed by atoms with Crippen molar-refractivity contribution in [2.24, 2.45) is 16.5 Å². The third-order valence-electron chi connectivity index (χ3n) is 3.77. The number of phenolic OH excluding ortho intramolecular Hbond substituents is 1. The SMILES string of the molecule is COc1cc(CN2C(N)=NC=CC2N)c2ccccc2c1O. The molecule has 0 fully saturated rings. The number of aliphatic imine (C=N–C) groups is 1. The summed E-state index contributed by atoms with van der Waals surface area (Å²) in [6.07, 6.45) is 3.04. The van der Waals surface area contributed by atoms with Crippen LogP contribution < -0.4 is 16.2 Å². The van der Waals surface area contributed by atoms with Crippen molar-refractivity contribution in [2.75, 3.05) is 7.11 Å². The molecule has 0 radical (unpaired) electrons. The van der Waals surface area contributed by atoms with Crippen LogP contribution in [0.1, 0.15) is 5.56 Å². The highest BCUT2D eigenvalue weighted by atomic mass is 16.5. The van der Waals surface area contributed by atoms with E-state index in [4.69, 9.17) is 16.2 Å². The maximum Gasteiger partial charge on any atom is 0.197 e. The number of methoxy groups -OCH3 is 1. The molecule has 3 rings (SSSR count). The van der Waals surface area contributed by atoms with Gasteiger partial charge in [-0.15, -0.1) is 0 Å². The van der Waals surface area contributed by atoms with Crippen LogP contribution in [-0.4, -0.2) is 29.2 Å². The van der Waals surface area contributed by atoms with E-state index in [9.17, 15) is 5.11 Å². The van der Waals surface area contributed by atoms with Gasteiger partial charge in [0.2, 0.25) is 0 Å². The smallest absolute Gasteiger partial charge is 0.197 e. The predicted molar refractivity (Wildman–Crippen MR) is 86.4 cm³/mol. The lowest BCUT2D eigenvalue weighted by Crippen LogP contribution is -2.49. The number of guanidine groups is 1. The van der Waals surface area contributed by atoms with E-state index in [1.165, 1.54) is 7.11 Å². The first-order chi connectivity index (χ1) is 10.6. The fraction of sp³-hybridized carbons (Fsp3) is 0.188. The lowest BCUT2D eigenvalue weighted by atomic mass is 10.0. The summed E-state index contributed by atoms with van der Waals surface area (Å²) in [5.41, 5.74) is 12.9. The molecule has 0 aliphatic carbocycles. The highest BCUT2D eigenvalue weighted by Crippen LogP contribution is 2.37. The van der Waals surface area contributed by atoms with Crippen molar-refractivity contribution in [1.82, 2.24) is 4.90 Å². The number of fused-ring (bicyclic) bond motifs is 1. The van der Waals surface area contributed by atoms with Gasteiger partial charge in [0.25, 0.3) is 0 Å². The summed E-state index contributed by atoms with van der Waals surface area (Å²) in [6.45, 7) is 0.470. The third kappa shape index (κ3) is 2.33. The van der Waals surface area contributed by atoms with Crippen LogP contribution in [0.3, 0.4) is 0 Å². The number of nitrogens with zero attached hydrogens (tertiary/aromatic N) is 2. The number of hydrogen-bond donors (Lipinski definition) is 3. The lowest BCUT2D eigenvalue weighted by Gasteiger charge is -2.30. The highest BCUT2D eigenvalue weighted by molar-refractivity contribution is 5.93. The molecular formula is C16H18N4O2. The first-order valence-electron chi connectivity index (χ1n) is 6.91. The van der Waals surface area contributed by atoms with Gasteiger partial charge in [0.1, 0.15) is 6.17 Å². The second-order valence-corrected chi connectivity index (χ2v) is 5.08. The Bertz CT molecular complexity index is 770. The van der Waals surface area contributed by atoms with Gasteiger partial charge in [-0.3, -0.25) is 0 Å². The van der Waals surface area contributed by atoms with Crippen LogP contribution in [0.4, 0.5) is 0 Å². The molecular weight excluding hydrogens is 280 g/mol. The second kappa shape index (κ2) is 5.57. The Balaban J connectivity index is 2.09. The van der Waals surface area contributed by atoms with E-state index in [1.807, 2.05) is 24.3 Å². The van der Waals surface area contributed by atoms with E-state index in [1.54, 1.807) is 23.2 Å². The molecule has 0 aromatic heterocycles. The molecule has 1 aliphatic heterocycles. The maximum atomic E-state index is 10.3. The van der Waals surface area contributed by atoms with E-state index in [2.05, 4.69) is 4.99 Å². The molecule has 0 saturated heterocycles. The normalized spacial score (nSPS) is 17.6. The number of phenols is 1. The van der Waals surface area contributed by atoms with E-state index >= 15 is 0 Å². The molecule has 1 heterocycles. The Morgan fingerprint density at radius 1 is 1.32 bits per heavy atom. The van der Waals surface area contributed by atoms with E-state index < -0.39 is 0 Å². The molecule has 1 atom stereocenters. The van der Waals surface area contributed by atoms with Crippen LogP contribution in [0.5, 0.6) is 11.5 Å². The van der Waals surface area contributed by atoms with Crippen molar-refractivity contribution in [3.63, 3.8) is 0 Å². The summed E-state index contributed by atoms with van der Waals surface area (Å²) >= 11 is 0. The molecule has 0 spiro atoms. The van der Waals surface area contributed by atoms with Crippen molar-refractivity contribution in [2.45, 2.75) is 12.7 Å². The molecule has 6 nitrogen and oxygen atoms in total. The Kier molecular flexibility index (Phi) is 3.60. The van der Waals surface area contributed by atoms with Crippen LogP contribution in [0.2, 0.25) is 0 Å². The van der Waals surface area contributed by atoms with E-state index in [0.717, 1.165) is 16.3 Å². The summed E-state index contributed by atoms with van der Waals surface area (Å²) < 4.78 is 5.26. The minimum absolute atomic E-state index is 0.131. The second-order valence-electron chi connectivity index (χ2n) is 5.08. The number of aromatic hydroxyl groups is 1. The summed E-state index contributed by atoms with van der Waals surface area (Å²) in [5, 5.41) is 11.9. The van der Waals surface area contributed by atoms with Gasteiger partial charge in [0, 0.05) is 18.1 Å². The van der Waals surface area contributed by atoms with Crippen molar-refractivity contribution in [1.29, 1.82) is 0 Å². The van der Waals surface area contributed by atoms with E-state index in [0.29, 0.717) is 18.3 Å². The standard InChI is InChI=1S/C16H18N4O2/c1-22-13-8-10(9-20-14(17)6-7-19-16(20)18)11-4-2-3-5-12(11)15(13)21/h2-8,14,21H,9,17H2,1H3,(H2,18,19). The molecule has 0 bridgehead atoms. The number of ether oxygens (including phenoxy) is 1. The van der Waals surface area contributed by atoms with Crippen molar-refractivity contribution < 1.29 is 9.84 Å². The minimum Gasteiger partial charge on any atom is -0.504 e. The molecule has 2 aromatic carbocycles. The molecule has 0 saturated carbocycles. The first-order valence-corrected chi connectivity index (χ1v) is 6.91. The fourth-order valence-electron chi connectivity index (χ4n) is 2.60. The Labute approximate surface area is 128 Å². The van der Waals surface area contributed by atoms with Gasteiger partial charge in [0.15, 0.2) is 17.5 Å². The van der Waals surface area contributed by atoms with Gasteiger partial charge in [-0.05, 0) is 23.1 Å². The highest BCUT2D eigenvalue weighted by Gasteiger charge is 2.20. The molecule has 5 N–H and O–H groups in total. The average molecular weight is 298 g/mol. The quantitative estimate of drug-likeness (QED) is 0.797. The summed E-state index contributed by atoms with van der Waals surface area (Å²) in [6, 6.07) is 9.39. The number of rotatable bonds is 3. The van der Waals surface area contributed by atoms with Crippen LogP contribution in [0, 0.1) is 0 Å².